The normalized spacial score (nSPS) is 30.8. The molecule has 1 aromatic carbocycles. The minimum atomic E-state index is -0.243. The monoisotopic (exact) mass is 328 g/mol. The Hall–Kier alpha value is -1.31. The van der Waals surface area contributed by atoms with E-state index >= 15 is 0 Å². The van der Waals surface area contributed by atoms with Crippen LogP contribution in [0.1, 0.15) is 86.6 Å². The minimum absolute atomic E-state index is 0.243. The van der Waals surface area contributed by atoms with Crippen LogP contribution < -0.4 is 0 Å². The number of esters is 1. The van der Waals surface area contributed by atoms with Gasteiger partial charge in [-0.3, -0.25) is 0 Å². The average molecular weight is 328 g/mol. The Morgan fingerprint density at radius 1 is 0.917 bits per heavy atom. The van der Waals surface area contributed by atoms with Crippen molar-refractivity contribution in [1.82, 2.24) is 0 Å². The Balaban J connectivity index is 1.51. The molecule has 0 bridgehead atoms. The van der Waals surface area contributed by atoms with Crippen LogP contribution in [0.15, 0.2) is 24.3 Å². The number of rotatable bonds is 4. The summed E-state index contributed by atoms with van der Waals surface area (Å²) in [6, 6.07) is 8.09. The summed E-state index contributed by atoms with van der Waals surface area (Å²) in [5.41, 5.74) is 2.05. The van der Waals surface area contributed by atoms with Gasteiger partial charge in [0.2, 0.25) is 0 Å². The zero-order valence-corrected chi connectivity index (χ0v) is 15.3. The van der Waals surface area contributed by atoms with Crippen LogP contribution in [-0.4, -0.2) is 13.1 Å². The largest absolute Gasteiger partial charge is 0.465 e. The molecule has 1 aromatic rings. The van der Waals surface area contributed by atoms with E-state index in [2.05, 4.69) is 19.1 Å². The molecule has 2 aliphatic rings. The zero-order chi connectivity index (χ0) is 16.9. The topological polar surface area (TPSA) is 26.3 Å². The Morgan fingerprint density at radius 2 is 1.46 bits per heavy atom. The summed E-state index contributed by atoms with van der Waals surface area (Å²) in [4.78, 5) is 11.5. The lowest BCUT2D eigenvalue weighted by atomic mass is 9.68. The first kappa shape index (κ1) is 17.5. The molecule has 24 heavy (non-hydrogen) atoms. The van der Waals surface area contributed by atoms with E-state index in [1.54, 1.807) is 0 Å². The van der Waals surface area contributed by atoms with Crippen LogP contribution >= 0.6 is 0 Å². The number of carbonyl (C=O) groups is 1. The van der Waals surface area contributed by atoms with Crippen molar-refractivity contribution in [3.8, 4) is 0 Å². The first-order chi connectivity index (χ1) is 11.7. The van der Waals surface area contributed by atoms with Gasteiger partial charge in [-0.25, -0.2) is 4.79 Å². The summed E-state index contributed by atoms with van der Waals surface area (Å²) in [5, 5.41) is 0. The molecule has 0 amide bonds. The summed E-state index contributed by atoms with van der Waals surface area (Å²) < 4.78 is 4.78. The Kier molecular flexibility index (Phi) is 5.97. The van der Waals surface area contributed by atoms with Crippen molar-refractivity contribution in [2.24, 2.45) is 17.8 Å². The zero-order valence-electron chi connectivity index (χ0n) is 15.3. The maximum absolute atomic E-state index is 11.5. The first-order valence-corrected chi connectivity index (χ1v) is 9.89. The molecule has 2 nitrogen and oxygen atoms in total. The molecule has 2 aliphatic carbocycles. The van der Waals surface area contributed by atoms with Crippen molar-refractivity contribution >= 4 is 5.97 Å². The predicted molar refractivity (Wildman–Crippen MR) is 98.2 cm³/mol. The number of ether oxygens (including phenoxy) is 1. The van der Waals surface area contributed by atoms with E-state index in [0.29, 0.717) is 11.5 Å². The van der Waals surface area contributed by atoms with Crippen molar-refractivity contribution in [2.45, 2.75) is 70.6 Å². The van der Waals surface area contributed by atoms with Crippen LogP contribution in [0.5, 0.6) is 0 Å². The number of carbonyl (C=O) groups excluding carboxylic acids is 1. The lowest BCUT2D eigenvalue weighted by Gasteiger charge is -2.38. The molecule has 0 aliphatic heterocycles. The lowest BCUT2D eigenvalue weighted by molar-refractivity contribution is 0.0600. The summed E-state index contributed by atoms with van der Waals surface area (Å²) in [5.74, 6) is 3.41. The van der Waals surface area contributed by atoms with Crippen molar-refractivity contribution in [3.63, 3.8) is 0 Å². The van der Waals surface area contributed by atoms with Gasteiger partial charge >= 0.3 is 5.97 Å². The quantitative estimate of drug-likeness (QED) is 0.637. The molecule has 2 saturated carbocycles. The fourth-order valence-electron chi connectivity index (χ4n) is 5.00. The number of hydrogen-bond acceptors (Lipinski definition) is 2. The van der Waals surface area contributed by atoms with E-state index in [-0.39, 0.29) is 5.97 Å². The maximum atomic E-state index is 11.5. The van der Waals surface area contributed by atoms with Gasteiger partial charge in [-0.05, 0) is 79.9 Å². The van der Waals surface area contributed by atoms with Crippen LogP contribution in [0.3, 0.4) is 0 Å². The average Bonchev–Trinajstić information content (AvgIpc) is 2.68. The molecule has 132 valence electrons. The lowest BCUT2D eigenvalue weighted by Crippen LogP contribution is -2.25. The third-order valence-corrected chi connectivity index (χ3v) is 6.71. The molecule has 0 unspecified atom stereocenters. The second-order valence-electron chi connectivity index (χ2n) is 7.91. The molecule has 2 fully saturated rings. The SMILES string of the molecule is CC[C@H]1CC[C@H]([C@H]2CC[C@H](c3ccc(C(=O)OC)cc3)CC2)CC1. The number of hydrogen-bond donors (Lipinski definition) is 0. The van der Waals surface area contributed by atoms with Crippen molar-refractivity contribution in [2.75, 3.05) is 7.11 Å². The van der Waals surface area contributed by atoms with Gasteiger partial charge in [0.15, 0.2) is 0 Å². The standard InChI is InChI=1S/C22H32O2/c1-3-16-4-6-17(7-5-16)18-8-10-19(11-9-18)20-12-14-21(15-13-20)22(23)24-2/h12-19H,3-11H2,1-2H3/t16-,17-,18-,19-. The van der Waals surface area contributed by atoms with Gasteiger partial charge in [-0.1, -0.05) is 38.3 Å². The molecule has 3 rings (SSSR count). The van der Waals surface area contributed by atoms with Gasteiger partial charge in [0.25, 0.3) is 0 Å². The summed E-state index contributed by atoms with van der Waals surface area (Å²) in [7, 11) is 1.44. The van der Waals surface area contributed by atoms with E-state index < -0.39 is 0 Å². The predicted octanol–water partition coefficient (Wildman–Crippen LogP) is 5.96. The number of benzene rings is 1. The maximum Gasteiger partial charge on any atom is 0.337 e. The van der Waals surface area contributed by atoms with Gasteiger partial charge in [0, 0.05) is 0 Å². The summed E-state index contributed by atoms with van der Waals surface area (Å²) >= 11 is 0. The van der Waals surface area contributed by atoms with Crippen molar-refractivity contribution < 1.29 is 9.53 Å². The van der Waals surface area contributed by atoms with E-state index in [4.69, 9.17) is 4.74 Å². The molecule has 0 spiro atoms. The van der Waals surface area contributed by atoms with Gasteiger partial charge < -0.3 is 4.74 Å². The van der Waals surface area contributed by atoms with E-state index in [9.17, 15) is 4.79 Å². The molecule has 0 heterocycles. The molecular weight excluding hydrogens is 296 g/mol. The third kappa shape index (κ3) is 4.02. The number of methoxy groups -OCH3 is 1. The van der Waals surface area contributed by atoms with Crippen LogP contribution in [0.4, 0.5) is 0 Å². The second-order valence-corrected chi connectivity index (χ2v) is 7.91. The molecule has 2 heteroatoms. The van der Waals surface area contributed by atoms with Gasteiger partial charge in [0.1, 0.15) is 0 Å². The molecule has 0 N–H and O–H groups in total. The van der Waals surface area contributed by atoms with Crippen LogP contribution in [-0.2, 0) is 4.74 Å². The third-order valence-electron chi connectivity index (χ3n) is 6.71. The van der Waals surface area contributed by atoms with Gasteiger partial charge in [0.05, 0.1) is 12.7 Å². The van der Waals surface area contributed by atoms with Crippen molar-refractivity contribution in [1.29, 1.82) is 0 Å². The van der Waals surface area contributed by atoms with Gasteiger partial charge in [-0.15, -0.1) is 0 Å². The Labute approximate surface area is 147 Å². The van der Waals surface area contributed by atoms with Crippen LogP contribution in [0, 0.1) is 17.8 Å². The Bertz CT molecular complexity index is 517. The molecule has 0 atom stereocenters. The van der Waals surface area contributed by atoms with E-state index in [0.717, 1.165) is 17.8 Å². The van der Waals surface area contributed by atoms with Crippen LogP contribution in [0.25, 0.3) is 0 Å². The smallest absolute Gasteiger partial charge is 0.337 e. The summed E-state index contributed by atoms with van der Waals surface area (Å²) in [6.07, 6.45) is 12.7. The fourth-order valence-corrected chi connectivity index (χ4v) is 5.00. The highest BCUT2D eigenvalue weighted by Crippen LogP contribution is 2.44. The minimum Gasteiger partial charge on any atom is -0.465 e. The molecule has 0 saturated heterocycles. The fraction of sp³-hybridized carbons (Fsp3) is 0.682. The molecule has 0 radical (unpaired) electrons. The highest BCUT2D eigenvalue weighted by molar-refractivity contribution is 5.89. The highest BCUT2D eigenvalue weighted by atomic mass is 16.5. The van der Waals surface area contributed by atoms with Crippen LogP contribution in [0.2, 0.25) is 0 Å². The van der Waals surface area contributed by atoms with E-state index in [1.165, 1.54) is 70.5 Å². The van der Waals surface area contributed by atoms with E-state index in [1.807, 2.05) is 12.1 Å². The molecule has 0 aromatic heterocycles. The highest BCUT2D eigenvalue weighted by Gasteiger charge is 2.30. The first-order valence-electron chi connectivity index (χ1n) is 9.89. The second kappa shape index (κ2) is 8.18. The molecular formula is C22H32O2. The van der Waals surface area contributed by atoms with Crippen molar-refractivity contribution in [3.05, 3.63) is 35.4 Å². The summed E-state index contributed by atoms with van der Waals surface area (Å²) in [6.45, 7) is 2.35. The Morgan fingerprint density at radius 3 is 1.96 bits per heavy atom. The van der Waals surface area contributed by atoms with Gasteiger partial charge in [-0.2, -0.15) is 0 Å².